The molecule has 0 bridgehead atoms. The van der Waals surface area contributed by atoms with E-state index in [1.807, 2.05) is 18.4 Å². The summed E-state index contributed by atoms with van der Waals surface area (Å²) in [7, 11) is 0. The van der Waals surface area contributed by atoms with Crippen LogP contribution in [0.25, 0.3) is 0 Å². The summed E-state index contributed by atoms with van der Waals surface area (Å²) in [5.41, 5.74) is 0.390. The van der Waals surface area contributed by atoms with Crippen LogP contribution >= 0.6 is 11.8 Å². The quantitative estimate of drug-likeness (QED) is 0.627. The molecular formula is C20H18F3N3O2S. The number of hydrogen-bond donors (Lipinski definition) is 3. The molecule has 1 aliphatic heterocycles. The van der Waals surface area contributed by atoms with Crippen molar-refractivity contribution in [2.75, 3.05) is 11.6 Å². The molecule has 9 heteroatoms. The van der Waals surface area contributed by atoms with Crippen molar-refractivity contribution in [1.82, 2.24) is 10.6 Å². The standard InChI is InChI=1S/C20H18F3N3O2S/c1-11-16(18(27)25-14-5-3-4-13(10-14)20(21,22)23)17(26-19(28)24-11)12-6-8-15(29-2)9-7-12/h3-10,17H,1-2H3,(H,25,27)(H2,24,26,28)/t17-/m0/s1. The summed E-state index contributed by atoms with van der Waals surface area (Å²) in [4.78, 5) is 25.9. The number of hydrogen-bond acceptors (Lipinski definition) is 3. The smallest absolute Gasteiger partial charge is 0.327 e. The molecule has 3 N–H and O–H groups in total. The zero-order chi connectivity index (χ0) is 21.2. The molecule has 0 aliphatic carbocycles. The number of thioether (sulfide) groups is 1. The molecule has 2 aromatic rings. The van der Waals surface area contributed by atoms with E-state index in [9.17, 15) is 22.8 Å². The fraction of sp³-hybridized carbons (Fsp3) is 0.200. The average Bonchev–Trinajstić information content (AvgIpc) is 2.67. The number of anilines is 1. The Labute approximate surface area is 169 Å². The maximum Gasteiger partial charge on any atom is 0.416 e. The number of nitrogens with one attached hydrogen (secondary N) is 3. The van der Waals surface area contributed by atoms with E-state index in [2.05, 4.69) is 16.0 Å². The highest BCUT2D eigenvalue weighted by Gasteiger charge is 2.33. The van der Waals surface area contributed by atoms with Gasteiger partial charge in [0.2, 0.25) is 0 Å². The van der Waals surface area contributed by atoms with Gasteiger partial charge in [-0.3, -0.25) is 4.79 Å². The van der Waals surface area contributed by atoms with Crippen molar-refractivity contribution >= 4 is 29.4 Å². The lowest BCUT2D eigenvalue weighted by Gasteiger charge is -2.28. The Balaban J connectivity index is 1.91. The summed E-state index contributed by atoms with van der Waals surface area (Å²) in [5, 5.41) is 7.74. The SMILES string of the molecule is CSc1ccc([C@@H]2NC(=O)NC(C)=C2C(=O)Nc2cccc(C(F)(F)F)c2)cc1. The first-order chi connectivity index (χ1) is 13.7. The van der Waals surface area contributed by atoms with Crippen molar-refractivity contribution < 1.29 is 22.8 Å². The number of urea groups is 1. The fourth-order valence-electron chi connectivity index (χ4n) is 3.01. The third-order valence-corrected chi connectivity index (χ3v) is 5.15. The number of allylic oxidation sites excluding steroid dienone is 1. The number of rotatable bonds is 4. The van der Waals surface area contributed by atoms with Crippen LogP contribution in [0.4, 0.5) is 23.7 Å². The average molecular weight is 421 g/mol. The number of carbonyl (C=O) groups is 2. The predicted octanol–water partition coefficient (Wildman–Crippen LogP) is 4.69. The summed E-state index contributed by atoms with van der Waals surface area (Å²) in [6.07, 6.45) is -2.59. The van der Waals surface area contributed by atoms with Crippen molar-refractivity contribution in [3.63, 3.8) is 0 Å². The summed E-state index contributed by atoms with van der Waals surface area (Å²) >= 11 is 1.55. The minimum atomic E-state index is -4.52. The van der Waals surface area contributed by atoms with E-state index < -0.39 is 29.7 Å². The highest BCUT2D eigenvalue weighted by atomic mass is 32.2. The lowest BCUT2D eigenvalue weighted by atomic mass is 9.95. The normalized spacial score (nSPS) is 16.9. The van der Waals surface area contributed by atoms with Gasteiger partial charge in [0, 0.05) is 16.3 Å². The number of carbonyl (C=O) groups excluding carboxylic acids is 2. The van der Waals surface area contributed by atoms with E-state index in [-0.39, 0.29) is 11.3 Å². The molecule has 5 nitrogen and oxygen atoms in total. The maximum absolute atomic E-state index is 12.9. The molecule has 152 valence electrons. The Morgan fingerprint density at radius 3 is 2.45 bits per heavy atom. The summed E-state index contributed by atoms with van der Waals surface area (Å²) in [6, 6.07) is 10.5. The second-order valence-electron chi connectivity index (χ2n) is 6.38. The first kappa shape index (κ1) is 20.8. The lowest BCUT2D eigenvalue weighted by molar-refractivity contribution is -0.137. The maximum atomic E-state index is 12.9. The summed E-state index contributed by atoms with van der Waals surface area (Å²) < 4.78 is 38.8. The van der Waals surface area contributed by atoms with Crippen LogP contribution in [0, 0.1) is 0 Å². The Morgan fingerprint density at radius 2 is 1.83 bits per heavy atom. The number of amides is 3. The van der Waals surface area contributed by atoms with E-state index in [1.165, 1.54) is 12.1 Å². The molecule has 2 aromatic carbocycles. The Kier molecular flexibility index (Phi) is 5.88. The van der Waals surface area contributed by atoms with Gasteiger partial charge in [0.1, 0.15) is 0 Å². The largest absolute Gasteiger partial charge is 0.416 e. The van der Waals surface area contributed by atoms with Crippen LogP contribution in [0.1, 0.15) is 24.1 Å². The van der Waals surface area contributed by atoms with Gasteiger partial charge < -0.3 is 16.0 Å². The Hall–Kier alpha value is -2.94. The Bertz CT molecular complexity index is 972. The van der Waals surface area contributed by atoms with Crippen molar-refractivity contribution in [1.29, 1.82) is 0 Å². The number of benzene rings is 2. The number of halogens is 3. The molecule has 0 saturated heterocycles. The van der Waals surface area contributed by atoms with Crippen LogP contribution in [0.15, 0.2) is 64.7 Å². The highest BCUT2D eigenvalue weighted by Crippen LogP contribution is 2.32. The van der Waals surface area contributed by atoms with E-state index in [0.717, 1.165) is 17.0 Å². The third kappa shape index (κ3) is 4.73. The predicted molar refractivity (Wildman–Crippen MR) is 105 cm³/mol. The first-order valence-corrected chi connectivity index (χ1v) is 9.82. The molecular weight excluding hydrogens is 403 g/mol. The van der Waals surface area contributed by atoms with Crippen LogP contribution < -0.4 is 16.0 Å². The Morgan fingerprint density at radius 1 is 1.14 bits per heavy atom. The van der Waals surface area contributed by atoms with Gasteiger partial charge in [0.25, 0.3) is 5.91 Å². The van der Waals surface area contributed by atoms with E-state index in [1.54, 1.807) is 30.8 Å². The third-order valence-electron chi connectivity index (χ3n) is 4.41. The molecule has 0 spiro atoms. The van der Waals surface area contributed by atoms with Crippen molar-refractivity contribution in [3.8, 4) is 0 Å². The fourth-order valence-corrected chi connectivity index (χ4v) is 3.42. The molecule has 29 heavy (non-hydrogen) atoms. The van der Waals surface area contributed by atoms with Gasteiger partial charge in [-0.1, -0.05) is 18.2 Å². The second-order valence-corrected chi connectivity index (χ2v) is 7.26. The summed E-state index contributed by atoms with van der Waals surface area (Å²) in [5.74, 6) is -0.603. The molecule has 0 radical (unpaired) electrons. The van der Waals surface area contributed by atoms with E-state index >= 15 is 0 Å². The minimum absolute atomic E-state index is 0.0125. The molecule has 1 aliphatic rings. The van der Waals surface area contributed by atoms with Crippen LogP contribution in [0.5, 0.6) is 0 Å². The van der Waals surface area contributed by atoms with Crippen LogP contribution in [0.3, 0.4) is 0 Å². The minimum Gasteiger partial charge on any atom is -0.327 e. The molecule has 0 fully saturated rings. The first-order valence-electron chi connectivity index (χ1n) is 8.60. The van der Waals surface area contributed by atoms with Gasteiger partial charge in [-0.25, -0.2) is 4.79 Å². The van der Waals surface area contributed by atoms with Crippen LogP contribution in [-0.2, 0) is 11.0 Å². The van der Waals surface area contributed by atoms with Gasteiger partial charge >= 0.3 is 12.2 Å². The highest BCUT2D eigenvalue weighted by molar-refractivity contribution is 7.98. The molecule has 0 saturated carbocycles. The monoisotopic (exact) mass is 421 g/mol. The van der Waals surface area contributed by atoms with E-state index in [4.69, 9.17) is 0 Å². The topological polar surface area (TPSA) is 70.2 Å². The zero-order valence-electron chi connectivity index (χ0n) is 15.6. The van der Waals surface area contributed by atoms with Crippen LogP contribution in [0.2, 0.25) is 0 Å². The van der Waals surface area contributed by atoms with Gasteiger partial charge in [-0.05, 0) is 49.1 Å². The van der Waals surface area contributed by atoms with Gasteiger partial charge in [-0.15, -0.1) is 11.8 Å². The van der Waals surface area contributed by atoms with Crippen LogP contribution in [-0.4, -0.2) is 18.2 Å². The van der Waals surface area contributed by atoms with Crippen molar-refractivity contribution in [2.45, 2.75) is 24.0 Å². The zero-order valence-corrected chi connectivity index (χ0v) is 16.4. The van der Waals surface area contributed by atoms with Crippen molar-refractivity contribution in [2.24, 2.45) is 0 Å². The molecule has 3 rings (SSSR count). The van der Waals surface area contributed by atoms with Gasteiger partial charge in [0.15, 0.2) is 0 Å². The lowest BCUT2D eigenvalue weighted by Crippen LogP contribution is -2.45. The second kappa shape index (κ2) is 8.20. The molecule has 1 atom stereocenters. The van der Waals surface area contributed by atoms with Crippen molar-refractivity contribution in [3.05, 3.63) is 70.9 Å². The molecule has 0 unspecified atom stereocenters. The van der Waals surface area contributed by atoms with Gasteiger partial charge in [-0.2, -0.15) is 13.2 Å². The van der Waals surface area contributed by atoms with E-state index in [0.29, 0.717) is 11.3 Å². The number of alkyl halides is 3. The molecule has 3 amide bonds. The summed E-state index contributed by atoms with van der Waals surface area (Å²) in [6.45, 7) is 1.57. The molecule has 0 aromatic heterocycles. The molecule has 1 heterocycles. The van der Waals surface area contributed by atoms with Gasteiger partial charge in [0.05, 0.1) is 17.2 Å².